The van der Waals surface area contributed by atoms with Crippen LogP contribution in [0.4, 0.5) is 11.6 Å². The maximum atomic E-state index is 13.0. The van der Waals surface area contributed by atoms with Crippen LogP contribution in [0.2, 0.25) is 10.0 Å². The van der Waals surface area contributed by atoms with Crippen molar-refractivity contribution < 1.29 is 23.2 Å². The largest absolute Gasteiger partial charge is 0.338 e. The predicted octanol–water partition coefficient (Wildman–Crippen LogP) is 4.50. The molecule has 0 aliphatic carbocycles. The van der Waals surface area contributed by atoms with Gasteiger partial charge in [0.15, 0.2) is 0 Å². The fraction of sp³-hybridized carbons (Fsp3) is 0. The molecule has 12 nitrogen and oxygen atoms in total. The van der Waals surface area contributed by atoms with E-state index in [9.17, 15) is 18.0 Å². The van der Waals surface area contributed by atoms with Crippen LogP contribution in [0.3, 0.4) is 0 Å². The van der Waals surface area contributed by atoms with E-state index in [2.05, 4.69) is 30.0 Å². The summed E-state index contributed by atoms with van der Waals surface area (Å²) < 4.78 is 27.7. The number of amides is 2. The number of anilines is 2. The summed E-state index contributed by atoms with van der Waals surface area (Å²) in [5.74, 6) is -1.24. The molecule has 5 N–H and O–H groups in total. The van der Waals surface area contributed by atoms with Gasteiger partial charge in [0.05, 0.1) is 37.1 Å². The highest BCUT2D eigenvalue weighted by Gasteiger charge is 2.20. The first-order valence-corrected chi connectivity index (χ1v) is 13.5. The number of carbonyl (C=O) groups excluding carboxylic acids is 2. The normalized spacial score (nSPS) is 11.3. The number of hydrogen-bond acceptors (Lipinski definition) is 8. The summed E-state index contributed by atoms with van der Waals surface area (Å²) >= 11 is 12.7. The topological polar surface area (TPSA) is 179 Å². The molecule has 0 atom stereocenters. The minimum Gasteiger partial charge on any atom is -0.338 e. The number of aromatic nitrogens is 4. The molecular formula is C25H17Cl2N7O5S. The van der Waals surface area contributed by atoms with Crippen molar-refractivity contribution in [1.29, 1.82) is 0 Å². The summed E-state index contributed by atoms with van der Waals surface area (Å²) in [6, 6.07) is 15.9. The van der Waals surface area contributed by atoms with Gasteiger partial charge in [-0.25, -0.2) is 33.6 Å². The van der Waals surface area contributed by atoms with Gasteiger partial charge in [-0.3, -0.25) is 14.8 Å². The molecule has 0 aliphatic heterocycles. The fourth-order valence-electron chi connectivity index (χ4n) is 3.65. The highest BCUT2D eigenvalue weighted by molar-refractivity contribution is 7.92. The molecule has 2 aromatic heterocycles. The molecule has 202 valence electrons. The molecule has 2 amide bonds. The second-order valence-electron chi connectivity index (χ2n) is 8.23. The molecule has 0 fully saturated rings. The highest BCUT2D eigenvalue weighted by Crippen LogP contribution is 2.31. The van der Waals surface area contributed by atoms with Gasteiger partial charge in [0.2, 0.25) is 5.95 Å². The summed E-state index contributed by atoms with van der Waals surface area (Å²) in [5, 5.41) is 11.7. The molecular weight excluding hydrogens is 581 g/mol. The van der Waals surface area contributed by atoms with E-state index in [0.717, 1.165) is 29.5 Å². The Morgan fingerprint density at radius 2 is 1.65 bits per heavy atom. The minimum absolute atomic E-state index is 0.0245. The second kappa shape index (κ2) is 10.9. The second-order valence-corrected chi connectivity index (χ2v) is 10.7. The van der Waals surface area contributed by atoms with Crippen LogP contribution in [0, 0.1) is 0 Å². The number of carbonyl (C=O) groups is 2. The summed E-state index contributed by atoms with van der Waals surface area (Å²) in [7, 11) is -4.19. The number of sulfonamides is 1. The molecule has 0 bridgehead atoms. The summed E-state index contributed by atoms with van der Waals surface area (Å²) in [5.41, 5.74) is 3.92. The molecule has 15 heteroatoms. The molecule has 5 rings (SSSR count). The smallest absolute Gasteiger partial charge is 0.277 e. The van der Waals surface area contributed by atoms with Crippen molar-refractivity contribution in [2.75, 3.05) is 10.0 Å². The number of para-hydroxylation sites is 2. The van der Waals surface area contributed by atoms with Crippen LogP contribution in [0.1, 0.15) is 20.7 Å². The van der Waals surface area contributed by atoms with Crippen LogP contribution in [0.15, 0.2) is 78.0 Å². The first-order chi connectivity index (χ1) is 19.1. The number of hydroxylamine groups is 1. The Labute approximate surface area is 236 Å². The zero-order valence-corrected chi connectivity index (χ0v) is 22.3. The van der Waals surface area contributed by atoms with E-state index in [1.807, 2.05) is 24.3 Å². The van der Waals surface area contributed by atoms with E-state index in [1.54, 1.807) is 18.2 Å². The summed E-state index contributed by atoms with van der Waals surface area (Å²) in [6.45, 7) is 0. The third kappa shape index (κ3) is 5.58. The van der Waals surface area contributed by atoms with E-state index in [-0.39, 0.29) is 27.0 Å². The molecule has 2 heterocycles. The molecule has 0 spiro atoms. The van der Waals surface area contributed by atoms with Crippen molar-refractivity contribution in [3.63, 3.8) is 0 Å². The van der Waals surface area contributed by atoms with Gasteiger partial charge in [0.25, 0.3) is 21.8 Å². The van der Waals surface area contributed by atoms with E-state index < -0.39 is 21.8 Å². The number of benzene rings is 3. The molecule has 5 aromatic rings. The maximum Gasteiger partial charge on any atom is 0.277 e. The van der Waals surface area contributed by atoms with Crippen LogP contribution in [0.5, 0.6) is 0 Å². The lowest BCUT2D eigenvalue weighted by Gasteiger charge is -2.11. The number of imidazole rings is 1. The number of fused-ring (bicyclic) bond motifs is 1. The standard InChI is InChI=1S/C25H17Cl2N7O5S/c26-18-8-5-14(9-17(18)22-31-20-3-1-2-4-21(20)32-22)30-24(36)16-7-6-15(10-19(16)27)40(38,39)34-25-28-11-13(12-29-25)23(35)33-37/h1-12,37H,(H,30,36)(H,31,32)(H,33,35)(H,28,29,34). The Hall–Kier alpha value is -4.56. The van der Waals surface area contributed by atoms with Gasteiger partial charge in [-0.2, -0.15) is 0 Å². The number of H-pyrrole nitrogens is 1. The van der Waals surface area contributed by atoms with Crippen LogP contribution in [-0.2, 0) is 10.0 Å². The Bertz CT molecular complexity index is 1850. The van der Waals surface area contributed by atoms with Crippen molar-refractivity contribution in [3.05, 3.63) is 94.2 Å². The third-order valence-corrected chi connectivity index (χ3v) is 7.57. The van der Waals surface area contributed by atoms with Crippen molar-refractivity contribution in [2.24, 2.45) is 0 Å². The van der Waals surface area contributed by atoms with Gasteiger partial charge < -0.3 is 10.3 Å². The lowest BCUT2D eigenvalue weighted by atomic mass is 10.1. The molecule has 0 aliphatic rings. The predicted molar refractivity (Wildman–Crippen MR) is 148 cm³/mol. The van der Waals surface area contributed by atoms with Gasteiger partial charge in [0.1, 0.15) is 5.82 Å². The van der Waals surface area contributed by atoms with Gasteiger partial charge >= 0.3 is 0 Å². The first-order valence-electron chi connectivity index (χ1n) is 11.3. The van der Waals surface area contributed by atoms with E-state index in [1.165, 1.54) is 17.6 Å². The van der Waals surface area contributed by atoms with Gasteiger partial charge in [-0.15, -0.1) is 0 Å². The molecule has 3 aromatic carbocycles. The van der Waals surface area contributed by atoms with Crippen LogP contribution in [0.25, 0.3) is 22.4 Å². The SMILES string of the molecule is O=C(NO)c1cnc(NS(=O)(=O)c2ccc(C(=O)Nc3ccc(Cl)c(-c4nc5ccccc5[nH]4)c3)c(Cl)c2)nc1. The number of hydrogen-bond donors (Lipinski definition) is 5. The average molecular weight is 598 g/mol. The highest BCUT2D eigenvalue weighted by atomic mass is 35.5. The Morgan fingerprint density at radius 1 is 0.900 bits per heavy atom. The van der Waals surface area contributed by atoms with Crippen molar-refractivity contribution in [2.45, 2.75) is 4.90 Å². The lowest BCUT2D eigenvalue weighted by Crippen LogP contribution is -2.20. The molecule has 40 heavy (non-hydrogen) atoms. The van der Waals surface area contributed by atoms with Crippen LogP contribution in [-0.4, -0.2) is 45.4 Å². The zero-order valence-electron chi connectivity index (χ0n) is 20.0. The average Bonchev–Trinajstić information content (AvgIpc) is 3.38. The first kappa shape index (κ1) is 27.0. The molecule has 0 saturated heterocycles. The number of aromatic amines is 1. The Balaban J connectivity index is 1.33. The van der Waals surface area contributed by atoms with Gasteiger partial charge in [0, 0.05) is 23.6 Å². The number of halogens is 2. The summed E-state index contributed by atoms with van der Waals surface area (Å²) in [4.78, 5) is 39.3. The Morgan fingerprint density at radius 3 is 2.35 bits per heavy atom. The maximum absolute atomic E-state index is 13.0. The van der Waals surface area contributed by atoms with Crippen molar-refractivity contribution in [1.82, 2.24) is 25.4 Å². The molecule has 0 unspecified atom stereocenters. The quantitative estimate of drug-likeness (QED) is 0.134. The molecule has 0 radical (unpaired) electrons. The fourth-order valence-corrected chi connectivity index (χ4v) is 5.17. The van der Waals surface area contributed by atoms with Crippen LogP contribution >= 0.6 is 23.2 Å². The monoisotopic (exact) mass is 597 g/mol. The van der Waals surface area contributed by atoms with Gasteiger partial charge in [-0.1, -0.05) is 35.3 Å². The summed E-state index contributed by atoms with van der Waals surface area (Å²) in [6.07, 6.45) is 2.04. The number of nitrogens with zero attached hydrogens (tertiary/aromatic N) is 3. The minimum atomic E-state index is -4.19. The number of rotatable bonds is 7. The van der Waals surface area contributed by atoms with Crippen molar-refractivity contribution in [3.8, 4) is 11.4 Å². The van der Waals surface area contributed by atoms with Gasteiger partial charge in [-0.05, 0) is 48.5 Å². The van der Waals surface area contributed by atoms with E-state index in [0.29, 0.717) is 22.1 Å². The van der Waals surface area contributed by atoms with Crippen molar-refractivity contribution >= 4 is 67.7 Å². The van der Waals surface area contributed by atoms with E-state index >= 15 is 0 Å². The molecule has 0 saturated carbocycles. The zero-order chi connectivity index (χ0) is 28.4. The third-order valence-electron chi connectivity index (χ3n) is 5.61. The van der Waals surface area contributed by atoms with Crippen LogP contribution < -0.4 is 15.5 Å². The lowest BCUT2D eigenvalue weighted by molar-refractivity contribution is 0.0705. The number of nitrogens with one attached hydrogen (secondary N) is 4. The van der Waals surface area contributed by atoms with E-state index in [4.69, 9.17) is 28.4 Å². The Kier molecular flexibility index (Phi) is 7.36.